The molecular weight excluding hydrogens is 300 g/mol. The van der Waals surface area contributed by atoms with Crippen molar-refractivity contribution in [3.8, 4) is 23.0 Å². The van der Waals surface area contributed by atoms with Crippen LogP contribution in [0.2, 0.25) is 0 Å². The van der Waals surface area contributed by atoms with Crippen molar-refractivity contribution in [2.24, 2.45) is 0 Å². The third-order valence-electron chi connectivity index (χ3n) is 3.03. The van der Waals surface area contributed by atoms with E-state index in [1.807, 2.05) is 18.2 Å². The average molecular weight is 314 g/mol. The first-order chi connectivity index (χ1) is 10.9. The maximum absolute atomic E-state index is 10.3. The van der Waals surface area contributed by atoms with Crippen LogP contribution < -0.4 is 0 Å². The Morgan fingerprint density at radius 3 is 2.00 bits per heavy atom. The van der Waals surface area contributed by atoms with Gasteiger partial charge in [-0.15, -0.1) is 0 Å². The van der Waals surface area contributed by atoms with Gasteiger partial charge in [0, 0.05) is 11.5 Å². The lowest BCUT2D eigenvalue weighted by atomic mass is 10.1. The molecule has 118 valence electrons. The van der Waals surface area contributed by atoms with Gasteiger partial charge in [-0.25, -0.2) is 4.79 Å². The van der Waals surface area contributed by atoms with E-state index in [1.165, 1.54) is 6.07 Å². The van der Waals surface area contributed by atoms with E-state index in [0.29, 0.717) is 5.39 Å². The van der Waals surface area contributed by atoms with E-state index in [9.17, 15) is 9.90 Å². The molecule has 0 radical (unpaired) electrons. The molecule has 0 atom stereocenters. The molecule has 0 heterocycles. The van der Waals surface area contributed by atoms with Crippen LogP contribution >= 0.6 is 0 Å². The summed E-state index contributed by atoms with van der Waals surface area (Å²) in [4.78, 5) is 10.3. The van der Waals surface area contributed by atoms with Gasteiger partial charge in [0.2, 0.25) is 0 Å². The zero-order valence-electron chi connectivity index (χ0n) is 11.8. The summed E-state index contributed by atoms with van der Waals surface area (Å²) in [7, 11) is 0. The van der Waals surface area contributed by atoms with Crippen molar-refractivity contribution in [1.29, 1.82) is 0 Å². The summed E-state index contributed by atoms with van der Waals surface area (Å²) in [6, 6.07) is 13.8. The Balaban J connectivity index is 0.000000168. The molecule has 0 aliphatic heterocycles. The lowest BCUT2D eigenvalue weighted by Crippen LogP contribution is -1.94. The molecule has 0 aliphatic carbocycles. The molecule has 0 aliphatic rings. The van der Waals surface area contributed by atoms with Crippen LogP contribution in [0.25, 0.3) is 10.8 Å². The number of hydrogen-bond acceptors (Lipinski definition) is 5. The highest BCUT2D eigenvalue weighted by Gasteiger charge is 2.05. The van der Waals surface area contributed by atoms with Gasteiger partial charge in [-0.3, -0.25) is 0 Å². The van der Waals surface area contributed by atoms with Crippen molar-refractivity contribution in [3.63, 3.8) is 0 Å². The molecule has 0 spiro atoms. The second-order valence-corrected chi connectivity index (χ2v) is 4.70. The fourth-order valence-electron chi connectivity index (χ4n) is 1.96. The summed E-state index contributed by atoms with van der Waals surface area (Å²) >= 11 is 0. The normalized spacial score (nSPS) is 9.91. The minimum atomic E-state index is -1.18. The van der Waals surface area contributed by atoms with Gasteiger partial charge in [-0.2, -0.15) is 0 Å². The Labute approximate surface area is 131 Å². The minimum absolute atomic E-state index is 0.0481. The molecule has 0 saturated heterocycles. The smallest absolute Gasteiger partial charge is 0.335 e. The molecule has 0 fully saturated rings. The standard InChI is InChI=1S/C10H8O2.C7H6O4/c11-9-6-5-7-3-1-2-4-8(7)10(9)12;8-5-1-4(7(10)11)2-6(9)3-5/h1-6,11-12H;1-3,8-9H,(H,10,11). The number of carboxylic acids is 1. The summed E-state index contributed by atoms with van der Waals surface area (Å²) in [5.74, 6) is -1.83. The fourth-order valence-corrected chi connectivity index (χ4v) is 1.96. The van der Waals surface area contributed by atoms with Gasteiger partial charge in [0.25, 0.3) is 0 Å². The number of carbonyl (C=O) groups is 1. The van der Waals surface area contributed by atoms with Crippen LogP contribution in [-0.4, -0.2) is 31.5 Å². The molecule has 3 rings (SSSR count). The van der Waals surface area contributed by atoms with E-state index >= 15 is 0 Å². The van der Waals surface area contributed by atoms with E-state index in [-0.39, 0.29) is 28.6 Å². The number of carboxylic acid groups (broad SMARTS) is 1. The summed E-state index contributed by atoms with van der Waals surface area (Å²) < 4.78 is 0. The number of aromatic hydroxyl groups is 4. The monoisotopic (exact) mass is 314 g/mol. The van der Waals surface area contributed by atoms with E-state index in [0.717, 1.165) is 23.6 Å². The van der Waals surface area contributed by atoms with E-state index in [1.54, 1.807) is 12.1 Å². The molecule has 3 aromatic rings. The van der Waals surface area contributed by atoms with Gasteiger partial charge < -0.3 is 25.5 Å². The Hall–Kier alpha value is -3.41. The van der Waals surface area contributed by atoms with Crippen molar-refractivity contribution in [3.05, 3.63) is 60.2 Å². The predicted octanol–water partition coefficient (Wildman–Crippen LogP) is 3.05. The lowest BCUT2D eigenvalue weighted by molar-refractivity contribution is 0.0696. The third kappa shape index (κ3) is 3.82. The minimum Gasteiger partial charge on any atom is -0.508 e. The van der Waals surface area contributed by atoms with Crippen LogP contribution in [0.5, 0.6) is 23.0 Å². The van der Waals surface area contributed by atoms with Crippen molar-refractivity contribution in [2.75, 3.05) is 0 Å². The molecule has 0 aromatic heterocycles. The molecule has 5 N–H and O–H groups in total. The molecule has 6 heteroatoms. The number of benzene rings is 3. The topological polar surface area (TPSA) is 118 Å². The van der Waals surface area contributed by atoms with Crippen LogP contribution in [0, 0.1) is 0 Å². The van der Waals surface area contributed by atoms with E-state index in [2.05, 4.69) is 0 Å². The Morgan fingerprint density at radius 2 is 1.39 bits per heavy atom. The summed E-state index contributed by atoms with van der Waals surface area (Å²) in [5.41, 5.74) is -0.137. The number of fused-ring (bicyclic) bond motifs is 1. The van der Waals surface area contributed by atoms with Gasteiger partial charge in [0.1, 0.15) is 11.5 Å². The first-order valence-electron chi connectivity index (χ1n) is 6.54. The second-order valence-electron chi connectivity index (χ2n) is 4.70. The number of rotatable bonds is 1. The molecule has 0 bridgehead atoms. The maximum Gasteiger partial charge on any atom is 0.335 e. The SMILES string of the molecule is O=C(O)c1cc(O)cc(O)c1.Oc1ccc2ccccc2c1O. The largest absolute Gasteiger partial charge is 0.508 e. The van der Waals surface area contributed by atoms with Crippen molar-refractivity contribution in [1.82, 2.24) is 0 Å². The Kier molecular flexibility index (Phi) is 4.56. The molecule has 6 nitrogen and oxygen atoms in total. The maximum atomic E-state index is 10.3. The highest BCUT2D eigenvalue weighted by molar-refractivity contribution is 5.90. The zero-order valence-corrected chi connectivity index (χ0v) is 11.8. The van der Waals surface area contributed by atoms with E-state index < -0.39 is 5.97 Å². The van der Waals surface area contributed by atoms with Crippen LogP contribution in [0.15, 0.2) is 54.6 Å². The molecule has 3 aromatic carbocycles. The molecule has 23 heavy (non-hydrogen) atoms. The second kappa shape index (κ2) is 6.57. The molecule has 0 amide bonds. The lowest BCUT2D eigenvalue weighted by Gasteiger charge is -2.01. The van der Waals surface area contributed by atoms with Gasteiger partial charge in [0.05, 0.1) is 5.56 Å². The average Bonchev–Trinajstić information content (AvgIpc) is 2.51. The molecule has 0 unspecified atom stereocenters. The third-order valence-corrected chi connectivity index (χ3v) is 3.03. The molecular formula is C17H14O6. The highest BCUT2D eigenvalue weighted by Crippen LogP contribution is 2.32. The van der Waals surface area contributed by atoms with Crippen molar-refractivity contribution in [2.45, 2.75) is 0 Å². The van der Waals surface area contributed by atoms with Crippen LogP contribution in [0.1, 0.15) is 10.4 Å². The molecule has 0 saturated carbocycles. The van der Waals surface area contributed by atoms with Crippen LogP contribution in [0.3, 0.4) is 0 Å². The number of phenols is 4. The van der Waals surface area contributed by atoms with Crippen molar-refractivity contribution >= 4 is 16.7 Å². The summed E-state index contributed by atoms with van der Waals surface area (Å²) in [6.07, 6.45) is 0. The quantitative estimate of drug-likeness (QED) is 0.441. The predicted molar refractivity (Wildman–Crippen MR) is 84.0 cm³/mol. The summed E-state index contributed by atoms with van der Waals surface area (Å²) in [5, 5.41) is 46.2. The first kappa shape index (κ1) is 16.0. The number of aromatic carboxylic acids is 1. The summed E-state index contributed by atoms with van der Waals surface area (Å²) in [6.45, 7) is 0. The Morgan fingerprint density at radius 1 is 0.783 bits per heavy atom. The van der Waals surface area contributed by atoms with Gasteiger partial charge in [-0.1, -0.05) is 30.3 Å². The Bertz CT molecular complexity index is 837. The van der Waals surface area contributed by atoms with Crippen molar-refractivity contribution < 1.29 is 30.3 Å². The van der Waals surface area contributed by atoms with Crippen LogP contribution in [0.4, 0.5) is 0 Å². The number of phenolic OH excluding ortho intramolecular Hbond substituents is 4. The number of hydrogen-bond donors (Lipinski definition) is 5. The highest BCUT2D eigenvalue weighted by atomic mass is 16.4. The van der Waals surface area contributed by atoms with Gasteiger partial charge >= 0.3 is 5.97 Å². The van der Waals surface area contributed by atoms with Gasteiger partial charge in [0.15, 0.2) is 11.5 Å². The van der Waals surface area contributed by atoms with E-state index in [4.69, 9.17) is 20.4 Å². The van der Waals surface area contributed by atoms with Gasteiger partial charge in [-0.05, 0) is 23.6 Å². The fraction of sp³-hybridized carbons (Fsp3) is 0. The zero-order chi connectivity index (χ0) is 17.0. The van der Waals surface area contributed by atoms with Crippen LogP contribution in [-0.2, 0) is 0 Å². The first-order valence-corrected chi connectivity index (χ1v) is 6.54.